The van der Waals surface area contributed by atoms with E-state index in [-0.39, 0.29) is 0 Å². The molecule has 0 aromatic rings. The summed E-state index contributed by atoms with van der Waals surface area (Å²) in [5, 5.41) is 0. The highest BCUT2D eigenvalue weighted by molar-refractivity contribution is 5.33. The first-order valence-electron chi connectivity index (χ1n) is 7.85. The largest absolute Gasteiger partial charge is 0.234 e. The zero-order chi connectivity index (χ0) is 14.1. The second-order valence-corrected chi connectivity index (χ2v) is 6.88. The van der Waals surface area contributed by atoms with Gasteiger partial charge in [0.2, 0.25) is 12.2 Å². The number of rotatable bonds is 6. The van der Waals surface area contributed by atoms with Gasteiger partial charge in [0.15, 0.2) is 0 Å². The smallest absolute Gasteiger partial charge is 0.211 e. The maximum atomic E-state index is 10.4. The molecule has 4 nitrogen and oxygen atoms in total. The molecule has 0 heterocycles. The predicted molar refractivity (Wildman–Crippen MR) is 74.8 cm³/mol. The molecule has 3 fully saturated rings. The van der Waals surface area contributed by atoms with Crippen molar-refractivity contribution in [2.45, 2.75) is 51.4 Å². The van der Waals surface area contributed by atoms with Crippen molar-refractivity contribution in [2.24, 2.45) is 32.7 Å². The van der Waals surface area contributed by atoms with Gasteiger partial charge in [-0.3, -0.25) is 0 Å². The molecule has 3 saturated carbocycles. The lowest BCUT2D eigenvalue weighted by atomic mass is 9.56. The van der Waals surface area contributed by atoms with Crippen LogP contribution in [-0.2, 0) is 9.59 Å². The van der Waals surface area contributed by atoms with Gasteiger partial charge < -0.3 is 0 Å². The molecule has 2 bridgehead atoms. The van der Waals surface area contributed by atoms with Crippen molar-refractivity contribution in [3.05, 3.63) is 0 Å². The average molecular weight is 274 g/mol. The lowest BCUT2D eigenvalue weighted by Gasteiger charge is -2.48. The van der Waals surface area contributed by atoms with Gasteiger partial charge in [0.25, 0.3) is 0 Å². The van der Waals surface area contributed by atoms with Crippen LogP contribution in [0.4, 0.5) is 0 Å². The quantitative estimate of drug-likeness (QED) is 0.552. The van der Waals surface area contributed by atoms with E-state index in [1.807, 2.05) is 0 Å². The van der Waals surface area contributed by atoms with Gasteiger partial charge in [-0.05, 0) is 67.6 Å². The maximum Gasteiger partial charge on any atom is 0.234 e. The summed E-state index contributed by atoms with van der Waals surface area (Å²) >= 11 is 0. The van der Waals surface area contributed by atoms with Crippen molar-refractivity contribution in [1.82, 2.24) is 0 Å². The highest BCUT2D eigenvalue weighted by atomic mass is 16.1. The summed E-state index contributed by atoms with van der Waals surface area (Å²) in [6, 6.07) is 0. The second kappa shape index (κ2) is 5.27. The Morgan fingerprint density at radius 3 is 2.50 bits per heavy atom. The van der Waals surface area contributed by atoms with E-state index in [2.05, 4.69) is 9.98 Å². The number of isocyanates is 2. The summed E-state index contributed by atoms with van der Waals surface area (Å²) in [4.78, 5) is 28.3. The van der Waals surface area contributed by atoms with E-state index in [0.717, 1.165) is 24.7 Å². The standard InChI is InChI=1S/C16H22N2O2/c19-11-17-8-6-15-5-3-13(10-15)14-2-1-4-16(14,15)7-9-18-12-20/h13-14H,1-10H2. The Balaban J connectivity index is 1.85. The molecule has 0 aromatic carbocycles. The monoisotopic (exact) mass is 274 g/mol. The lowest BCUT2D eigenvalue weighted by molar-refractivity contribution is 0.0104. The van der Waals surface area contributed by atoms with Crippen LogP contribution in [0.2, 0.25) is 0 Å². The van der Waals surface area contributed by atoms with Gasteiger partial charge in [0, 0.05) is 0 Å². The molecule has 0 aliphatic heterocycles. The number of hydrogen-bond acceptors (Lipinski definition) is 4. The van der Waals surface area contributed by atoms with Gasteiger partial charge in [-0.25, -0.2) is 19.6 Å². The number of fused-ring (bicyclic) bond motifs is 5. The fraction of sp³-hybridized carbons (Fsp3) is 0.875. The highest BCUT2D eigenvalue weighted by Crippen LogP contribution is 2.75. The Morgan fingerprint density at radius 2 is 1.75 bits per heavy atom. The van der Waals surface area contributed by atoms with Crippen LogP contribution in [0.1, 0.15) is 51.4 Å². The van der Waals surface area contributed by atoms with Crippen molar-refractivity contribution in [3.63, 3.8) is 0 Å². The molecule has 0 saturated heterocycles. The number of aliphatic imine (C=N–C) groups is 2. The van der Waals surface area contributed by atoms with Crippen molar-refractivity contribution in [1.29, 1.82) is 0 Å². The molecule has 3 aliphatic carbocycles. The Morgan fingerprint density at radius 1 is 1.00 bits per heavy atom. The third kappa shape index (κ3) is 1.82. The van der Waals surface area contributed by atoms with E-state index in [4.69, 9.17) is 0 Å². The van der Waals surface area contributed by atoms with E-state index >= 15 is 0 Å². The summed E-state index contributed by atoms with van der Waals surface area (Å²) in [5.41, 5.74) is 0.701. The van der Waals surface area contributed by atoms with Gasteiger partial charge in [0.1, 0.15) is 0 Å². The third-order valence-electron chi connectivity index (χ3n) is 6.62. The van der Waals surface area contributed by atoms with Crippen LogP contribution in [0, 0.1) is 22.7 Å². The van der Waals surface area contributed by atoms with Gasteiger partial charge in [-0.1, -0.05) is 6.42 Å². The average Bonchev–Trinajstić information content (AvgIpc) is 3.09. The molecule has 20 heavy (non-hydrogen) atoms. The first-order chi connectivity index (χ1) is 9.78. The zero-order valence-electron chi connectivity index (χ0n) is 11.9. The summed E-state index contributed by atoms with van der Waals surface area (Å²) in [5.74, 6) is 1.68. The maximum absolute atomic E-state index is 10.4. The lowest BCUT2D eigenvalue weighted by Crippen LogP contribution is -2.42. The fourth-order valence-corrected chi connectivity index (χ4v) is 6.08. The molecule has 0 aromatic heterocycles. The Kier molecular flexibility index (Phi) is 3.62. The number of carbonyl (C=O) groups excluding carboxylic acids is 2. The third-order valence-corrected chi connectivity index (χ3v) is 6.62. The van der Waals surface area contributed by atoms with E-state index in [1.165, 1.54) is 38.5 Å². The van der Waals surface area contributed by atoms with Crippen LogP contribution in [0.3, 0.4) is 0 Å². The van der Waals surface area contributed by atoms with E-state index < -0.39 is 0 Å². The highest BCUT2D eigenvalue weighted by Gasteiger charge is 2.66. The summed E-state index contributed by atoms with van der Waals surface area (Å²) < 4.78 is 0. The van der Waals surface area contributed by atoms with E-state index in [0.29, 0.717) is 23.9 Å². The predicted octanol–water partition coefficient (Wildman–Crippen LogP) is 3.02. The van der Waals surface area contributed by atoms with Crippen LogP contribution in [0.15, 0.2) is 9.98 Å². The SMILES string of the molecule is O=C=NCCC12CCC(C1)C1CCCC12CCN=C=O. The Hall–Kier alpha value is -1.24. The molecule has 0 radical (unpaired) electrons. The van der Waals surface area contributed by atoms with Crippen molar-refractivity contribution >= 4 is 12.2 Å². The number of nitrogens with zero attached hydrogens (tertiary/aromatic N) is 2. The molecular formula is C16H22N2O2. The first-order valence-corrected chi connectivity index (χ1v) is 7.85. The molecule has 0 amide bonds. The Labute approximate surface area is 119 Å². The fourth-order valence-electron chi connectivity index (χ4n) is 6.08. The summed E-state index contributed by atoms with van der Waals surface area (Å²) in [6.45, 7) is 1.23. The van der Waals surface area contributed by atoms with Crippen LogP contribution in [0.25, 0.3) is 0 Å². The van der Waals surface area contributed by atoms with Gasteiger partial charge in [0.05, 0.1) is 13.1 Å². The molecule has 3 rings (SSSR count). The summed E-state index contributed by atoms with van der Waals surface area (Å²) in [6.07, 6.45) is 13.2. The molecule has 0 spiro atoms. The zero-order valence-corrected chi connectivity index (χ0v) is 11.9. The summed E-state index contributed by atoms with van der Waals surface area (Å²) in [7, 11) is 0. The second-order valence-electron chi connectivity index (χ2n) is 6.88. The molecule has 0 N–H and O–H groups in total. The molecule has 3 aliphatic rings. The van der Waals surface area contributed by atoms with Crippen LogP contribution in [-0.4, -0.2) is 25.2 Å². The van der Waals surface area contributed by atoms with Crippen LogP contribution < -0.4 is 0 Å². The van der Waals surface area contributed by atoms with Gasteiger partial charge in [-0.15, -0.1) is 0 Å². The van der Waals surface area contributed by atoms with E-state index in [9.17, 15) is 9.59 Å². The van der Waals surface area contributed by atoms with Crippen LogP contribution in [0.5, 0.6) is 0 Å². The minimum atomic E-state index is 0.345. The topological polar surface area (TPSA) is 58.9 Å². The normalized spacial score (nSPS) is 41.0. The van der Waals surface area contributed by atoms with Crippen molar-refractivity contribution < 1.29 is 9.59 Å². The van der Waals surface area contributed by atoms with Crippen molar-refractivity contribution in [3.8, 4) is 0 Å². The van der Waals surface area contributed by atoms with Crippen molar-refractivity contribution in [2.75, 3.05) is 13.1 Å². The molecule has 4 unspecified atom stereocenters. The molecular weight excluding hydrogens is 252 g/mol. The minimum absolute atomic E-state index is 0.345. The Bertz CT molecular complexity index is 479. The molecule has 4 atom stereocenters. The first kappa shape index (κ1) is 13.7. The van der Waals surface area contributed by atoms with Gasteiger partial charge >= 0.3 is 0 Å². The molecule has 4 heteroatoms. The minimum Gasteiger partial charge on any atom is -0.211 e. The number of hydrogen-bond donors (Lipinski definition) is 0. The van der Waals surface area contributed by atoms with Gasteiger partial charge in [-0.2, -0.15) is 0 Å². The van der Waals surface area contributed by atoms with E-state index in [1.54, 1.807) is 12.2 Å². The molecule has 108 valence electrons. The van der Waals surface area contributed by atoms with Crippen LogP contribution >= 0.6 is 0 Å².